The van der Waals surface area contributed by atoms with E-state index in [1.165, 1.54) is 17.1 Å². The highest BCUT2D eigenvalue weighted by Gasteiger charge is 2.32. The van der Waals surface area contributed by atoms with Crippen LogP contribution in [0.25, 0.3) is 6.08 Å². The zero-order valence-corrected chi connectivity index (χ0v) is 14.0. The molecule has 2 heterocycles. The summed E-state index contributed by atoms with van der Waals surface area (Å²) >= 11 is 11.4. The fourth-order valence-corrected chi connectivity index (χ4v) is 2.42. The van der Waals surface area contributed by atoms with Crippen LogP contribution in [0.1, 0.15) is 5.76 Å². The van der Waals surface area contributed by atoms with E-state index in [0.29, 0.717) is 14.9 Å². The van der Waals surface area contributed by atoms with Crippen molar-refractivity contribution >= 4 is 67.1 Å². The molecular formula is C12H8Br2N2O3S. The molecular weight excluding hydrogens is 412 g/mol. The van der Waals surface area contributed by atoms with Gasteiger partial charge in [0.05, 0.1) is 4.47 Å². The highest BCUT2D eigenvalue weighted by atomic mass is 79.9. The predicted molar refractivity (Wildman–Crippen MR) is 84.7 cm³/mol. The molecule has 1 saturated heterocycles. The standard InChI is InChI=1S/C12H8Br2N2O3S/c1-2-3-16-11(18)7(10(17)15-12(16)20)4-6-5-8(13)9(14)19-6/h2,4-5H,1,3H2,(H,15,17,20)/b7-4+. The van der Waals surface area contributed by atoms with Crippen molar-refractivity contribution in [2.24, 2.45) is 0 Å². The average molecular weight is 420 g/mol. The molecule has 0 atom stereocenters. The number of furan rings is 1. The molecule has 0 aromatic carbocycles. The average Bonchev–Trinajstić information content (AvgIpc) is 2.69. The molecule has 1 fully saturated rings. The third-order valence-electron chi connectivity index (χ3n) is 2.45. The third kappa shape index (κ3) is 2.92. The van der Waals surface area contributed by atoms with Gasteiger partial charge in [0.2, 0.25) is 0 Å². The minimum absolute atomic E-state index is 0.0470. The maximum Gasteiger partial charge on any atom is 0.266 e. The number of rotatable bonds is 3. The van der Waals surface area contributed by atoms with Crippen LogP contribution in [0.4, 0.5) is 0 Å². The van der Waals surface area contributed by atoms with Gasteiger partial charge in [-0.1, -0.05) is 6.08 Å². The first-order valence-electron chi connectivity index (χ1n) is 5.38. The van der Waals surface area contributed by atoms with Crippen molar-refractivity contribution in [2.75, 3.05) is 6.54 Å². The number of carbonyl (C=O) groups excluding carboxylic acids is 2. The lowest BCUT2D eigenvalue weighted by Gasteiger charge is -2.27. The van der Waals surface area contributed by atoms with Crippen LogP contribution in [0.5, 0.6) is 0 Å². The Bertz CT molecular complexity index is 632. The minimum Gasteiger partial charge on any atom is -0.449 e. The number of nitrogens with one attached hydrogen (secondary N) is 1. The van der Waals surface area contributed by atoms with Gasteiger partial charge in [-0.05, 0) is 56.2 Å². The Balaban J connectivity index is 2.38. The quantitative estimate of drug-likeness (QED) is 0.354. The van der Waals surface area contributed by atoms with Gasteiger partial charge in [-0.3, -0.25) is 19.8 Å². The van der Waals surface area contributed by atoms with Crippen LogP contribution in [-0.4, -0.2) is 28.4 Å². The lowest BCUT2D eigenvalue weighted by Crippen LogP contribution is -2.53. The molecule has 8 heteroatoms. The molecule has 5 nitrogen and oxygen atoms in total. The molecule has 0 bridgehead atoms. The molecule has 1 aliphatic heterocycles. The van der Waals surface area contributed by atoms with Gasteiger partial charge in [0.15, 0.2) is 9.78 Å². The second-order valence-electron chi connectivity index (χ2n) is 3.79. The number of halogens is 2. The summed E-state index contributed by atoms with van der Waals surface area (Å²) in [5, 5.41) is 2.52. The zero-order valence-electron chi connectivity index (χ0n) is 9.98. The normalized spacial score (nSPS) is 17.6. The van der Waals surface area contributed by atoms with Gasteiger partial charge in [-0.2, -0.15) is 0 Å². The van der Waals surface area contributed by atoms with E-state index in [0.717, 1.165) is 0 Å². The largest absolute Gasteiger partial charge is 0.449 e. The minimum atomic E-state index is -0.552. The summed E-state index contributed by atoms with van der Waals surface area (Å²) in [6.07, 6.45) is 2.89. The molecule has 0 spiro atoms. The van der Waals surface area contributed by atoms with Crippen molar-refractivity contribution in [3.05, 3.63) is 39.2 Å². The van der Waals surface area contributed by atoms with E-state index in [1.807, 2.05) is 0 Å². The van der Waals surface area contributed by atoms with Gasteiger partial charge in [-0.25, -0.2) is 0 Å². The van der Waals surface area contributed by atoms with E-state index in [9.17, 15) is 9.59 Å². The van der Waals surface area contributed by atoms with Crippen LogP contribution in [-0.2, 0) is 9.59 Å². The fourth-order valence-electron chi connectivity index (χ4n) is 1.57. The van der Waals surface area contributed by atoms with Crippen molar-refractivity contribution in [1.29, 1.82) is 0 Å². The van der Waals surface area contributed by atoms with Crippen LogP contribution in [0.15, 0.2) is 37.9 Å². The van der Waals surface area contributed by atoms with Crippen LogP contribution in [0, 0.1) is 0 Å². The van der Waals surface area contributed by atoms with E-state index in [-0.39, 0.29) is 17.2 Å². The highest BCUT2D eigenvalue weighted by Crippen LogP contribution is 2.28. The second kappa shape index (κ2) is 6.02. The number of nitrogens with zero attached hydrogens (tertiary/aromatic N) is 1. The summed E-state index contributed by atoms with van der Waals surface area (Å²) in [4.78, 5) is 25.3. The summed E-state index contributed by atoms with van der Waals surface area (Å²) in [5.74, 6) is -0.667. The molecule has 0 unspecified atom stereocenters. The number of hydrogen-bond acceptors (Lipinski definition) is 4. The van der Waals surface area contributed by atoms with E-state index in [2.05, 4.69) is 43.8 Å². The Hall–Kier alpha value is -1.25. The summed E-state index contributed by atoms with van der Waals surface area (Å²) in [7, 11) is 0. The summed E-state index contributed by atoms with van der Waals surface area (Å²) in [5.41, 5.74) is -0.0470. The van der Waals surface area contributed by atoms with E-state index in [1.54, 1.807) is 6.07 Å². The smallest absolute Gasteiger partial charge is 0.266 e. The molecule has 20 heavy (non-hydrogen) atoms. The Morgan fingerprint density at radius 1 is 1.45 bits per heavy atom. The monoisotopic (exact) mass is 418 g/mol. The van der Waals surface area contributed by atoms with Crippen molar-refractivity contribution in [1.82, 2.24) is 10.2 Å². The van der Waals surface area contributed by atoms with Crippen molar-refractivity contribution in [3.8, 4) is 0 Å². The maximum absolute atomic E-state index is 12.2. The van der Waals surface area contributed by atoms with Gasteiger partial charge in [-0.15, -0.1) is 6.58 Å². The van der Waals surface area contributed by atoms with Gasteiger partial charge < -0.3 is 4.42 Å². The van der Waals surface area contributed by atoms with Crippen LogP contribution >= 0.6 is 44.1 Å². The Morgan fingerprint density at radius 2 is 2.15 bits per heavy atom. The van der Waals surface area contributed by atoms with E-state index < -0.39 is 11.8 Å². The van der Waals surface area contributed by atoms with Gasteiger partial charge in [0.25, 0.3) is 11.8 Å². The van der Waals surface area contributed by atoms with Crippen LogP contribution in [0.3, 0.4) is 0 Å². The van der Waals surface area contributed by atoms with Crippen molar-refractivity contribution in [3.63, 3.8) is 0 Å². The Labute approximate surface area is 136 Å². The highest BCUT2D eigenvalue weighted by molar-refractivity contribution is 9.13. The third-order valence-corrected chi connectivity index (χ3v) is 4.48. The fraction of sp³-hybridized carbons (Fsp3) is 0.0833. The molecule has 1 aliphatic rings. The number of carbonyl (C=O) groups is 2. The van der Waals surface area contributed by atoms with E-state index >= 15 is 0 Å². The predicted octanol–water partition coefficient (Wildman–Crippen LogP) is 2.62. The molecule has 1 aromatic heterocycles. The number of thiocarbonyl (C=S) groups is 1. The molecule has 0 aliphatic carbocycles. The van der Waals surface area contributed by atoms with Crippen LogP contribution < -0.4 is 5.32 Å². The lowest BCUT2D eigenvalue weighted by atomic mass is 10.1. The SMILES string of the molecule is C=CCN1C(=O)/C(=C/c2cc(Br)c(Br)o2)C(=O)NC1=S. The topological polar surface area (TPSA) is 62.6 Å². The van der Waals surface area contributed by atoms with Crippen molar-refractivity contribution < 1.29 is 14.0 Å². The van der Waals surface area contributed by atoms with Gasteiger partial charge in [0.1, 0.15) is 11.3 Å². The molecule has 0 saturated carbocycles. The molecule has 2 amide bonds. The first-order chi connectivity index (χ1) is 9.43. The zero-order chi connectivity index (χ0) is 14.9. The molecule has 0 radical (unpaired) electrons. The maximum atomic E-state index is 12.2. The van der Waals surface area contributed by atoms with Gasteiger partial charge >= 0.3 is 0 Å². The summed E-state index contributed by atoms with van der Waals surface area (Å²) < 4.78 is 6.49. The first kappa shape index (κ1) is 15.1. The Morgan fingerprint density at radius 3 is 2.70 bits per heavy atom. The van der Waals surface area contributed by atoms with Crippen molar-refractivity contribution in [2.45, 2.75) is 0 Å². The number of amides is 2. The molecule has 104 valence electrons. The second-order valence-corrected chi connectivity index (χ2v) is 5.75. The number of hydrogen-bond donors (Lipinski definition) is 1. The molecule has 1 N–H and O–H groups in total. The lowest BCUT2D eigenvalue weighted by molar-refractivity contribution is -0.128. The van der Waals surface area contributed by atoms with E-state index in [4.69, 9.17) is 16.6 Å². The summed E-state index contributed by atoms with van der Waals surface area (Å²) in [6, 6.07) is 1.64. The van der Waals surface area contributed by atoms with Gasteiger partial charge in [0, 0.05) is 6.54 Å². The Kier molecular flexibility index (Phi) is 4.56. The molecule has 1 aromatic rings. The van der Waals surface area contributed by atoms with Crippen LogP contribution in [0.2, 0.25) is 0 Å². The molecule has 2 rings (SSSR count). The summed E-state index contributed by atoms with van der Waals surface area (Å²) in [6.45, 7) is 3.77. The first-order valence-corrected chi connectivity index (χ1v) is 7.38.